The van der Waals surface area contributed by atoms with Gasteiger partial charge in [-0.15, -0.1) is 0 Å². The third kappa shape index (κ3) is 24.5. The summed E-state index contributed by atoms with van der Waals surface area (Å²) in [7, 11) is 2.21. The van der Waals surface area contributed by atoms with E-state index in [2.05, 4.69) is 14.8 Å². The van der Waals surface area contributed by atoms with Gasteiger partial charge < -0.3 is 11.5 Å². The average Bonchev–Trinajstić information content (AvgIpc) is 1.93. The van der Waals surface area contributed by atoms with Crippen LogP contribution in [0, 0.1) is 0 Å². The Kier molecular flexibility index (Phi) is 20.2. The summed E-state index contributed by atoms with van der Waals surface area (Å²) in [6, 6.07) is 0. The smallest absolute Gasteiger partial charge is 0.101 e. The van der Waals surface area contributed by atoms with Crippen LogP contribution in [0.15, 0.2) is 0 Å². The van der Waals surface area contributed by atoms with E-state index in [0.717, 1.165) is 19.5 Å². The summed E-state index contributed by atoms with van der Waals surface area (Å²) in [6.45, 7) is 3.65. The van der Waals surface area contributed by atoms with Gasteiger partial charge >= 0.3 is 0 Å². The van der Waals surface area contributed by atoms with Crippen LogP contribution in [0.4, 0.5) is 0 Å². The fourth-order valence-electron chi connectivity index (χ4n) is 0.471. The first-order valence-electron chi connectivity index (χ1n) is 4.23. The molecule has 0 unspecified atom stereocenters. The number of nitrogens with two attached hydrogens (primary N) is 2. The number of hydrogen-bond donors (Lipinski definition) is 2. The van der Waals surface area contributed by atoms with E-state index in [1.165, 1.54) is 19.2 Å². The summed E-state index contributed by atoms with van der Waals surface area (Å²) < 4.78 is 0. The Labute approximate surface area is 65.8 Å². The fraction of sp³-hybridized carbons (Fsp3) is 1.00. The van der Waals surface area contributed by atoms with E-state index in [0.29, 0.717) is 0 Å². The van der Waals surface area contributed by atoms with Crippen LogP contribution >= 0.6 is 0 Å². The second-order valence-electron chi connectivity index (χ2n) is 2.28. The van der Waals surface area contributed by atoms with E-state index in [9.17, 15) is 0 Å². The predicted octanol–water partition coefficient (Wildman–Crippen LogP) is 0.132. The highest BCUT2D eigenvalue weighted by Crippen LogP contribution is 1.86. The van der Waals surface area contributed by atoms with Crippen LogP contribution in [0.5, 0.6) is 0 Å². The van der Waals surface area contributed by atoms with Crippen molar-refractivity contribution < 1.29 is 0 Å². The van der Waals surface area contributed by atoms with Crippen LogP contribution in [0.25, 0.3) is 0 Å². The number of rotatable bonds is 4. The number of hydrogen-bond acceptors (Lipinski definition) is 2. The zero-order valence-corrected chi connectivity index (χ0v) is 7.40. The quantitative estimate of drug-likeness (QED) is 0.551. The average molecular weight is 144 g/mol. The highest BCUT2D eigenvalue weighted by atomic mass is 14.6. The minimum Gasteiger partial charge on any atom is -0.330 e. The van der Waals surface area contributed by atoms with E-state index in [4.69, 9.17) is 11.5 Å². The van der Waals surface area contributed by atoms with E-state index in [-0.39, 0.29) is 0 Å². The van der Waals surface area contributed by atoms with Crippen LogP contribution in [-0.2, 0) is 0 Å². The van der Waals surface area contributed by atoms with Crippen molar-refractivity contribution in [2.75, 3.05) is 13.1 Å². The molecule has 3 heteroatoms. The van der Waals surface area contributed by atoms with Gasteiger partial charge in [0.25, 0.3) is 0 Å². The molecule has 0 heterocycles. The molecule has 0 aromatic rings. The Morgan fingerprint density at radius 1 is 1.10 bits per heavy atom. The molecule has 0 atom stereocenters. The highest BCUT2D eigenvalue weighted by Gasteiger charge is 1.69. The van der Waals surface area contributed by atoms with Gasteiger partial charge in [-0.3, -0.25) is 0 Å². The van der Waals surface area contributed by atoms with Crippen molar-refractivity contribution in [2.45, 2.75) is 32.5 Å². The molecule has 0 radical (unpaired) electrons. The molecule has 0 amide bonds. The molecular formula is C7H21BN2. The minimum absolute atomic E-state index is 0.719. The van der Waals surface area contributed by atoms with E-state index in [1.54, 1.807) is 0 Å². The van der Waals surface area contributed by atoms with Crippen molar-refractivity contribution in [3.8, 4) is 0 Å². The Morgan fingerprint density at radius 2 is 1.60 bits per heavy atom. The molecule has 0 aliphatic carbocycles. The first-order chi connectivity index (χ1) is 4.83. The normalized spacial score (nSPS) is 8.30. The van der Waals surface area contributed by atoms with Gasteiger partial charge in [0.15, 0.2) is 0 Å². The SMILES string of the molecule is BCCCC.NCCCN. The third-order valence-corrected chi connectivity index (χ3v) is 1.12. The molecule has 10 heavy (non-hydrogen) atoms. The summed E-state index contributed by atoms with van der Waals surface area (Å²) in [4.78, 5) is 0. The lowest BCUT2D eigenvalue weighted by atomic mass is 10.0. The summed E-state index contributed by atoms with van der Waals surface area (Å²) in [5.74, 6) is 0. The standard InChI is InChI=1S/C4H11B.C3H10N2/c1-2-3-4-5;4-2-1-3-5/h2-5H2,1H3;1-5H2. The maximum atomic E-state index is 5.06. The molecule has 62 valence electrons. The van der Waals surface area contributed by atoms with Crippen molar-refractivity contribution in [1.82, 2.24) is 0 Å². The van der Waals surface area contributed by atoms with Crippen molar-refractivity contribution in [2.24, 2.45) is 11.5 Å². The topological polar surface area (TPSA) is 52.0 Å². The Hall–Kier alpha value is -0.0151. The van der Waals surface area contributed by atoms with Gasteiger partial charge in [-0.2, -0.15) is 0 Å². The summed E-state index contributed by atoms with van der Waals surface area (Å²) in [5, 5.41) is 0. The highest BCUT2D eigenvalue weighted by molar-refractivity contribution is 6.08. The first kappa shape index (κ1) is 12.6. The van der Waals surface area contributed by atoms with Crippen LogP contribution in [0.3, 0.4) is 0 Å². The van der Waals surface area contributed by atoms with Gasteiger partial charge in [0.2, 0.25) is 0 Å². The third-order valence-electron chi connectivity index (χ3n) is 1.12. The molecule has 4 N–H and O–H groups in total. The molecule has 0 aromatic carbocycles. The lowest BCUT2D eigenvalue weighted by molar-refractivity contribution is 0.844. The molecule has 0 rings (SSSR count). The van der Waals surface area contributed by atoms with Crippen molar-refractivity contribution >= 4 is 7.85 Å². The summed E-state index contributed by atoms with van der Waals surface area (Å²) in [6.07, 6.45) is 5.02. The van der Waals surface area contributed by atoms with Gasteiger partial charge in [0, 0.05) is 0 Å². The molecule has 0 spiro atoms. The molecule has 0 aliphatic heterocycles. The molecule has 2 nitrogen and oxygen atoms in total. The Morgan fingerprint density at radius 3 is 1.60 bits per heavy atom. The van der Waals surface area contributed by atoms with Crippen molar-refractivity contribution in [3.63, 3.8) is 0 Å². The van der Waals surface area contributed by atoms with Gasteiger partial charge in [0.1, 0.15) is 7.85 Å². The summed E-state index contributed by atoms with van der Waals surface area (Å²) in [5.41, 5.74) is 10.1. The largest absolute Gasteiger partial charge is 0.330 e. The number of unbranched alkanes of at least 4 members (excludes halogenated alkanes) is 1. The van der Waals surface area contributed by atoms with E-state index >= 15 is 0 Å². The minimum atomic E-state index is 0.719. The first-order valence-corrected chi connectivity index (χ1v) is 4.23. The van der Waals surface area contributed by atoms with Gasteiger partial charge in [-0.25, -0.2) is 0 Å². The predicted molar refractivity (Wildman–Crippen MR) is 51.0 cm³/mol. The molecular weight excluding hydrogens is 123 g/mol. The van der Waals surface area contributed by atoms with Crippen LogP contribution in [-0.4, -0.2) is 20.9 Å². The monoisotopic (exact) mass is 144 g/mol. The molecule has 0 aliphatic rings. The van der Waals surface area contributed by atoms with Gasteiger partial charge in [-0.1, -0.05) is 26.1 Å². The van der Waals surface area contributed by atoms with E-state index in [1.807, 2.05) is 0 Å². The molecule has 0 saturated carbocycles. The Bertz CT molecular complexity index is 32.6. The lowest BCUT2D eigenvalue weighted by Crippen LogP contribution is -2.06. The van der Waals surface area contributed by atoms with E-state index < -0.39 is 0 Å². The molecule has 0 saturated heterocycles. The van der Waals surface area contributed by atoms with Crippen molar-refractivity contribution in [3.05, 3.63) is 0 Å². The second kappa shape index (κ2) is 16.0. The van der Waals surface area contributed by atoms with Crippen LogP contribution < -0.4 is 11.5 Å². The Balaban J connectivity index is 0. The molecule has 0 aromatic heterocycles. The fourth-order valence-corrected chi connectivity index (χ4v) is 0.471. The summed E-state index contributed by atoms with van der Waals surface area (Å²) >= 11 is 0. The second-order valence-corrected chi connectivity index (χ2v) is 2.28. The van der Waals surface area contributed by atoms with Crippen LogP contribution in [0.1, 0.15) is 26.2 Å². The van der Waals surface area contributed by atoms with Gasteiger partial charge in [0.05, 0.1) is 0 Å². The zero-order valence-electron chi connectivity index (χ0n) is 7.40. The van der Waals surface area contributed by atoms with Gasteiger partial charge in [-0.05, 0) is 19.5 Å². The van der Waals surface area contributed by atoms with Crippen molar-refractivity contribution in [1.29, 1.82) is 0 Å². The maximum absolute atomic E-state index is 5.06. The lowest BCUT2D eigenvalue weighted by Gasteiger charge is -1.81. The zero-order chi connectivity index (χ0) is 8.24. The van der Waals surface area contributed by atoms with Crippen LogP contribution in [0.2, 0.25) is 6.32 Å². The maximum Gasteiger partial charge on any atom is 0.101 e. The molecule has 0 fully saturated rings. The molecule has 0 bridgehead atoms.